The van der Waals surface area contributed by atoms with E-state index in [0.29, 0.717) is 36.3 Å². The van der Waals surface area contributed by atoms with Gasteiger partial charge >= 0.3 is 0 Å². The van der Waals surface area contributed by atoms with E-state index in [1.807, 2.05) is 30.3 Å². The number of unbranched alkanes of at least 4 members (excludes halogenated alkanes) is 1. The Bertz CT molecular complexity index is 951. The minimum Gasteiger partial charge on any atom is -0.388 e. The third kappa shape index (κ3) is 5.01. The van der Waals surface area contributed by atoms with Crippen LogP contribution in [0.25, 0.3) is 10.2 Å². The van der Waals surface area contributed by atoms with Crippen molar-refractivity contribution in [3.63, 3.8) is 0 Å². The normalized spacial score (nSPS) is 11.9. The molecule has 0 aliphatic rings. The van der Waals surface area contributed by atoms with Gasteiger partial charge in [-0.15, -0.1) is 11.3 Å². The molecular weight excluding hydrogens is 372 g/mol. The first-order chi connectivity index (χ1) is 13.5. The van der Waals surface area contributed by atoms with E-state index in [2.05, 4.69) is 10.3 Å². The van der Waals surface area contributed by atoms with Crippen molar-refractivity contribution >= 4 is 39.1 Å². The van der Waals surface area contributed by atoms with E-state index >= 15 is 0 Å². The molecule has 6 nitrogen and oxygen atoms in total. The number of rotatable bonds is 9. The molecule has 0 aliphatic heterocycles. The van der Waals surface area contributed by atoms with Crippen LogP contribution in [0.1, 0.15) is 45.8 Å². The number of nitrogens with two attached hydrogens (primary N) is 1. The molecule has 0 fully saturated rings. The highest BCUT2D eigenvalue weighted by atomic mass is 32.1. The minimum atomic E-state index is -0.666. The number of nitrogens with one attached hydrogen (secondary N) is 2. The molecule has 0 radical (unpaired) electrons. The summed E-state index contributed by atoms with van der Waals surface area (Å²) in [6.45, 7) is 0. The van der Waals surface area contributed by atoms with E-state index < -0.39 is 6.04 Å². The third-order valence-corrected chi connectivity index (χ3v) is 5.40. The monoisotopic (exact) mass is 394 g/mol. The molecule has 0 spiro atoms. The van der Waals surface area contributed by atoms with E-state index in [9.17, 15) is 9.59 Å². The van der Waals surface area contributed by atoms with Crippen molar-refractivity contribution in [1.82, 2.24) is 10.3 Å². The molecule has 3 rings (SSSR count). The molecule has 0 aliphatic carbocycles. The zero-order chi connectivity index (χ0) is 19.9. The van der Waals surface area contributed by atoms with Crippen molar-refractivity contribution in [2.45, 2.75) is 31.7 Å². The molecule has 4 N–H and O–H groups in total. The van der Waals surface area contributed by atoms with Crippen molar-refractivity contribution in [2.75, 3.05) is 0 Å². The van der Waals surface area contributed by atoms with E-state index in [1.54, 1.807) is 24.3 Å². The summed E-state index contributed by atoms with van der Waals surface area (Å²) in [5.41, 5.74) is 6.68. The fourth-order valence-electron chi connectivity index (χ4n) is 2.89. The van der Waals surface area contributed by atoms with Gasteiger partial charge in [0.05, 0.1) is 22.1 Å². The predicted molar refractivity (Wildman–Crippen MR) is 112 cm³/mol. The summed E-state index contributed by atoms with van der Waals surface area (Å²) in [5.74, 6) is -0.345. The van der Waals surface area contributed by atoms with E-state index in [1.165, 1.54) is 11.3 Å². The van der Waals surface area contributed by atoms with Gasteiger partial charge in [-0.2, -0.15) is 0 Å². The van der Waals surface area contributed by atoms with Crippen molar-refractivity contribution in [3.05, 3.63) is 65.2 Å². The lowest BCUT2D eigenvalue weighted by Crippen LogP contribution is -2.41. The molecular formula is C21H22N4O2S. The van der Waals surface area contributed by atoms with E-state index in [-0.39, 0.29) is 17.5 Å². The van der Waals surface area contributed by atoms with Gasteiger partial charge in [-0.05, 0) is 37.1 Å². The smallest absolute Gasteiger partial charge is 0.251 e. The molecule has 144 valence electrons. The van der Waals surface area contributed by atoms with Crippen LogP contribution in [0.4, 0.5) is 0 Å². The second-order valence-electron chi connectivity index (χ2n) is 6.51. The Morgan fingerprint density at radius 1 is 1.07 bits per heavy atom. The van der Waals surface area contributed by atoms with Gasteiger partial charge < -0.3 is 11.1 Å². The number of fused-ring (bicyclic) bond motifs is 1. The number of nitrogens with zero attached hydrogens (tertiary/aromatic N) is 1. The van der Waals surface area contributed by atoms with Crippen LogP contribution in [0.5, 0.6) is 0 Å². The Labute approximate surface area is 167 Å². The van der Waals surface area contributed by atoms with Crippen LogP contribution < -0.4 is 11.1 Å². The van der Waals surface area contributed by atoms with Crippen molar-refractivity contribution in [3.8, 4) is 0 Å². The second kappa shape index (κ2) is 9.23. The number of aromatic nitrogens is 1. The summed E-state index contributed by atoms with van der Waals surface area (Å²) < 4.78 is 0.940. The quantitative estimate of drug-likeness (QED) is 0.222. The topological polar surface area (TPSA) is 109 Å². The summed E-state index contributed by atoms with van der Waals surface area (Å²) >= 11 is 1.33. The maximum Gasteiger partial charge on any atom is 0.251 e. The maximum atomic E-state index is 13.1. The molecule has 1 aromatic heterocycles. The minimum absolute atomic E-state index is 0.127. The van der Waals surface area contributed by atoms with Crippen LogP contribution in [0.3, 0.4) is 0 Å². The summed E-state index contributed by atoms with van der Waals surface area (Å²) in [7, 11) is 0. The number of benzene rings is 2. The molecule has 2 aromatic carbocycles. The van der Waals surface area contributed by atoms with Crippen molar-refractivity contribution in [1.29, 1.82) is 5.41 Å². The molecule has 28 heavy (non-hydrogen) atoms. The van der Waals surface area contributed by atoms with Crippen LogP contribution in [0.2, 0.25) is 0 Å². The summed E-state index contributed by atoms with van der Waals surface area (Å²) in [5, 5.41) is 10.6. The summed E-state index contributed by atoms with van der Waals surface area (Å²) in [6.07, 6.45) is 2.32. The number of thiazole rings is 1. The molecule has 1 amide bonds. The number of para-hydroxylation sites is 1. The Hall–Kier alpha value is -3.06. The number of hydrogen-bond acceptors (Lipinski definition) is 5. The first-order valence-corrected chi connectivity index (χ1v) is 9.95. The van der Waals surface area contributed by atoms with Crippen molar-refractivity contribution in [2.24, 2.45) is 5.73 Å². The number of Topliss-reactive ketones (excluding diaryl/α,β-unsaturated/α-hetero) is 1. The highest BCUT2D eigenvalue weighted by Crippen LogP contribution is 2.23. The van der Waals surface area contributed by atoms with Crippen LogP contribution in [0.15, 0.2) is 54.6 Å². The summed E-state index contributed by atoms with van der Waals surface area (Å²) in [4.78, 5) is 30.1. The zero-order valence-electron chi connectivity index (χ0n) is 15.4. The van der Waals surface area contributed by atoms with E-state index in [4.69, 9.17) is 11.1 Å². The summed E-state index contributed by atoms with van der Waals surface area (Å²) in [6, 6.07) is 15.7. The first kappa shape index (κ1) is 19.7. The number of carbonyl (C=O) groups excluding carboxylic acids is 2. The Morgan fingerprint density at radius 2 is 1.79 bits per heavy atom. The highest BCUT2D eigenvalue weighted by molar-refractivity contribution is 7.20. The standard InChI is InChI=1S/C21H22N4O2S/c22-18(23)13-7-5-11-16(24-20(27)14-8-2-1-3-9-14)19(26)21-25-15-10-4-6-12-17(15)28-21/h1-4,6,8-10,12,16H,5,7,11,13H2,(H3,22,23)(H,24,27)/t16-/m0/s1. The lowest BCUT2D eigenvalue weighted by Gasteiger charge is -2.16. The molecule has 0 unspecified atom stereocenters. The van der Waals surface area contributed by atoms with Gasteiger partial charge in [-0.1, -0.05) is 36.8 Å². The van der Waals surface area contributed by atoms with Gasteiger partial charge in [0.1, 0.15) is 0 Å². The third-order valence-electron chi connectivity index (χ3n) is 4.35. The fraction of sp³-hybridized carbons (Fsp3) is 0.238. The number of amidine groups is 1. The molecule has 7 heteroatoms. The van der Waals surface area contributed by atoms with Gasteiger partial charge in [0.2, 0.25) is 5.78 Å². The highest BCUT2D eigenvalue weighted by Gasteiger charge is 2.25. The SMILES string of the molecule is N=C(N)CCCC[C@H](NC(=O)c1ccccc1)C(=O)c1nc2ccccc2s1. The van der Waals surface area contributed by atoms with Crippen LogP contribution in [0, 0.1) is 5.41 Å². The Balaban J connectivity index is 1.76. The van der Waals surface area contributed by atoms with Crippen molar-refractivity contribution < 1.29 is 9.59 Å². The van der Waals surface area contributed by atoms with Gasteiger partial charge in [-0.3, -0.25) is 15.0 Å². The fourth-order valence-corrected chi connectivity index (χ4v) is 3.85. The lowest BCUT2D eigenvalue weighted by atomic mass is 10.0. The van der Waals surface area contributed by atoms with Gasteiger partial charge in [0.25, 0.3) is 5.91 Å². The number of amides is 1. The Morgan fingerprint density at radius 3 is 2.50 bits per heavy atom. The predicted octanol–water partition coefficient (Wildman–Crippen LogP) is 3.77. The average molecular weight is 395 g/mol. The molecule has 3 aromatic rings. The molecule has 0 saturated heterocycles. The van der Waals surface area contributed by atoms with Gasteiger partial charge in [0.15, 0.2) is 5.01 Å². The van der Waals surface area contributed by atoms with Crippen LogP contribution in [-0.2, 0) is 0 Å². The largest absolute Gasteiger partial charge is 0.388 e. The Kier molecular flexibility index (Phi) is 6.49. The molecule has 1 heterocycles. The second-order valence-corrected chi connectivity index (χ2v) is 7.54. The van der Waals surface area contributed by atoms with E-state index in [0.717, 1.165) is 10.2 Å². The average Bonchev–Trinajstić information content (AvgIpc) is 3.14. The molecule has 0 bridgehead atoms. The van der Waals surface area contributed by atoms with Crippen LogP contribution in [-0.4, -0.2) is 28.6 Å². The number of ketones is 1. The molecule has 0 saturated carbocycles. The number of carbonyl (C=O) groups is 2. The van der Waals surface area contributed by atoms with Gasteiger partial charge in [-0.25, -0.2) is 4.98 Å². The number of hydrogen-bond donors (Lipinski definition) is 3. The lowest BCUT2D eigenvalue weighted by molar-refractivity contribution is 0.0851. The first-order valence-electron chi connectivity index (χ1n) is 9.13. The van der Waals surface area contributed by atoms with Crippen LogP contribution >= 0.6 is 11.3 Å². The maximum absolute atomic E-state index is 13.1. The molecule has 1 atom stereocenters. The van der Waals surface area contributed by atoms with Gasteiger partial charge in [0, 0.05) is 12.0 Å². The zero-order valence-corrected chi connectivity index (χ0v) is 16.2.